The van der Waals surface area contributed by atoms with Crippen LogP contribution in [0.5, 0.6) is 5.75 Å². The third-order valence-corrected chi connectivity index (χ3v) is 12.3. The molecule has 0 aliphatic rings. The van der Waals surface area contributed by atoms with Crippen LogP contribution in [-0.2, 0) is 21.1 Å². The van der Waals surface area contributed by atoms with E-state index in [1.54, 1.807) is 6.07 Å². The first-order valence-corrected chi connectivity index (χ1v) is 22.1. The molecule has 326 valence electrons. The SMILES string of the molecule is [2H]C(C)(C)c1cc(-c2ccc(-n3c(-c4ccccc4O)nc4c(-c5[c-]c(-c6cc(-c7ccc(-c8ccccc8)cc7)ccn6)cc(-c6ccccc6)c5)cccc43)c(C)c2)cc(C([2H])(C)C)c1.[Pt]. The van der Waals surface area contributed by atoms with Crippen LogP contribution in [0.25, 0.3) is 95.0 Å². The number of nitrogens with zero attached hydrogens (tertiary/aromatic N) is 3. The van der Waals surface area contributed by atoms with Gasteiger partial charge in [0.2, 0.25) is 0 Å². The largest absolute Gasteiger partial charge is 0.507 e. The minimum Gasteiger partial charge on any atom is -0.507 e. The topological polar surface area (TPSA) is 50.9 Å². The molecule has 0 saturated carbocycles. The molecule has 5 heteroatoms. The summed E-state index contributed by atoms with van der Waals surface area (Å²) in [5.41, 5.74) is 17.9. The fourth-order valence-corrected chi connectivity index (χ4v) is 8.75. The van der Waals surface area contributed by atoms with Crippen LogP contribution in [0.1, 0.15) is 58.9 Å². The second-order valence-electron chi connectivity index (χ2n) is 17.2. The Kier molecular flexibility index (Phi) is 11.8. The number of imidazole rings is 1. The molecule has 2 aromatic heterocycles. The van der Waals surface area contributed by atoms with Gasteiger partial charge in [0.05, 0.1) is 22.3 Å². The molecular weight excluding hydrogens is 986 g/mol. The van der Waals surface area contributed by atoms with E-state index in [4.69, 9.17) is 12.7 Å². The number of aromatic nitrogens is 3. The third-order valence-electron chi connectivity index (χ3n) is 12.3. The van der Waals surface area contributed by atoms with E-state index < -0.39 is 11.8 Å². The van der Waals surface area contributed by atoms with Gasteiger partial charge in [0.25, 0.3) is 0 Å². The van der Waals surface area contributed by atoms with Crippen molar-refractivity contribution >= 4 is 11.0 Å². The molecule has 4 nitrogen and oxygen atoms in total. The van der Waals surface area contributed by atoms with Crippen molar-refractivity contribution in [1.29, 1.82) is 0 Å². The zero-order valence-corrected chi connectivity index (χ0v) is 39.9. The van der Waals surface area contributed by atoms with Crippen LogP contribution in [0.3, 0.4) is 0 Å². The molecule has 0 atom stereocenters. The van der Waals surface area contributed by atoms with E-state index in [-0.39, 0.29) is 26.8 Å². The Hall–Kier alpha value is -7.13. The molecule has 0 aliphatic carbocycles. The number of rotatable bonds is 10. The maximum absolute atomic E-state index is 11.4. The van der Waals surface area contributed by atoms with E-state index in [0.717, 1.165) is 89.2 Å². The minimum atomic E-state index is -0.833. The number of phenols is 1. The summed E-state index contributed by atoms with van der Waals surface area (Å²) in [6.45, 7) is 9.64. The summed E-state index contributed by atoms with van der Waals surface area (Å²) in [6, 6.07) is 67.9. The van der Waals surface area contributed by atoms with Crippen molar-refractivity contribution in [3.63, 3.8) is 0 Å². The zero-order valence-electron chi connectivity index (χ0n) is 39.6. The van der Waals surface area contributed by atoms with E-state index in [9.17, 15) is 5.11 Å². The molecule has 0 fully saturated rings. The van der Waals surface area contributed by atoms with Gasteiger partial charge >= 0.3 is 0 Å². The number of pyridine rings is 1. The summed E-state index contributed by atoms with van der Waals surface area (Å²) in [5.74, 6) is -0.920. The Morgan fingerprint density at radius 1 is 0.515 bits per heavy atom. The number of hydrogen-bond donors (Lipinski definition) is 1. The van der Waals surface area contributed by atoms with Gasteiger partial charge in [-0.2, -0.15) is 0 Å². The van der Waals surface area contributed by atoms with Crippen LogP contribution >= 0.6 is 0 Å². The van der Waals surface area contributed by atoms with Crippen LogP contribution in [-0.4, -0.2) is 19.6 Å². The molecule has 0 saturated heterocycles. The maximum Gasteiger partial charge on any atom is 0.148 e. The van der Waals surface area contributed by atoms with Crippen molar-refractivity contribution < 1.29 is 28.9 Å². The molecular formula is C61H50N3OPt-. The van der Waals surface area contributed by atoms with Gasteiger partial charge in [0.15, 0.2) is 0 Å². The Labute approximate surface area is 405 Å². The number of hydrogen-bond acceptors (Lipinski definition) is 3. The van der Waals surface area contributed by atoms with E-state index in [1.165, 1.54) is 11.1 Å². The summed E-state index contributed by atoms with van der Waals surface area (Å²) >= 11 is 0. The molecule has 0 bridgehead atoms. The van der Waals surface area contributed by atoms with E-state index in [0.29, 0.717) is 11.4 Å². The number of phenolic OH excluding ortho intramolecular Hbond substituents is 1. The minimum absolute atomic E-state index is 0. The van der Waals surface area contributed by atoms with E-state index >= 15 is 0 Å². The van der Waals surface area contributed by atoms with Gasteiger partial charge in [-0.1, -0.05) is 184 Å². The molecule has 10 aromatic rings. The summed E-state index contributed by atoms with van der Waals surface area (Å²) in [6.07, 6.45) is 1.87. The Morgan fingerprint density at radius 2 is 1.06 bits per heavy atom. The molecule has 0 aliphatic heterocycles. The molecule has 10 rings (SSSR count). The van der Waals surface area contributed by atoms with Crippen LogP contribution in [0.4, 0.5) is 0 Å². The van der Waals surface area contributed by atoms with Crippen molar-refractivity contribution in [2.24, 2.45) is 0 Å². The summed E-state index contributed by atoms with van der Waals surface area (Å²) in [7, 11) is 0. The van der Waals surface area contributed by atoms with Crippen LogP contribution < -0.4 is 0 Å². The van der Waals surface area contributed by atoms with Crippen molar-refractivity contribution in [2.45, 2.75) is 46.4 Å². The van der Waals surface area contributed by atoms with Gasteiger partial charge in [0, 0.05) is 35.7 Å². The number of benzene rings is 8. The molecule has 2 heterocycles. The first kappa shape index (κ1) is 41.6. The number of aromatic hydroxyl groups is 1. The van der Waals surface area contributed by atoms with Crippen LogP contribution in [0, 0.1) is 13.0 Å². The average Bonchev–Trinajstić information content (AvgIpc) is 3.73. The Bertz CT molecular complexity index is 3410. The zero-order chi connectivity index (χ0) is 46.5. The van der Waals surface area contributed by atoms with Gasteiger partial charge in [-0.3, -0.25) is 9.55 Å². The molecule has 0 unspecified atom stereocenters. The number of para-hydroxylation sites is 2. The van der Waals surface area contributed by atoms with E-state index in [1.807, 2.05) is 70.3 Å². The van der Waals surface area contributed by atoms with Gasteiger partial charge in [-0.05, 0) is 111 Å². The van der Waals surface area contributed by atoms with Crippen molar-refractivity contribution in [3.8, 4) is 89.7 Å². The molecule has 0 amide bonds. The molecule has 8 aromatic carbocycles. The van der Waals surface area contributed by atoms with Gasteiger partial charge in [-0.15, -0.1) is 23.8 Å². The normalized spacial score (nSPS) is 12.1. The second kappa shape index (κ2) is 18.8. The number of aryl methyl sites for hydroxylation is 1. The van der Waals surface area contributed by atoms with Gasteiger partial charge < -0.3 is 5.11 Å². The smallest absolute Gasteiger partial charge is 0.148 e. The second-order valence-corrected chi connectivity index (χ2v) is 17.2. The number of fused-ring (bicyclic) bond motifs is 1. The fourth-order valence-electron chi connectivity index (χ4n) is 8.75. The molecule has 66 heavy (non-hydrogen) atoms. The molecule has 0 spiro atoms. The third kappa shape index (κ3) is 8.70. The quantitative estimate of drug-likeness (QED) is 0.139. The first-order valence-electron chi connectivity index (χ1n) is 23.1. The van der Waals surface area contributed by atoms with Gasteiger partial charge in [-0.25, -0.2) is 4.98 Å². The van der Waals surface area contributed by atoms with Crippen molar-refractivity contribution in [3.05, 3.63) is 217 Å². The molecule has 0 radical (unpaired) electrons. The van der Waals surface area contributed by atoms with Crippen molar-refractivity contribution in [1.82, 2.24) is 14.5 Å². The Morgan fingerprint density at radius 3 is 1.71 bits per heavy atom. The summed E-state index contributed by atoms with van der Waals surface area (Å²) < 4.78 is 19.9. The maximum atomic E-state index is 11.4. The average molecular weight is 1040 g/mol. The first-order chi connectivity index (χ1) is 32.3. The summed E-state index contributed by atoms with van der Waals surface area (Å²) in [5, 5.41) is 11.4. The standard InChI is InChI=1S/C61H50N3O.Pt/c1-39(2)48-32-49(40(3)4)34-51(33-48)46-27-28-57(41(5)31-46)64-58-21-14-20-54(60(58)63-61(64)55-19-12-13-22-59(55)65)52-35-50(43-17-10-7-11-18-43)36-53(37-52)56-38-47(29-30-62-56)45-25-23-44(24-26-45)42-15-8-6-9-16-42;/h6-36,38-40,65H,1-5H3;/q-1;/i39D,40D;. The summed E-state index contributed by atoms with van der Waals surface area (Å²) in [4.78, 5) is 10.3. The predicted octanol–water partition coefficient (Wildman–Crippen LogP) is 16.1. The predicted molar refractivity (Wildman–Crippen MR) is 270 cm³/mol. The van der Waals surface area contributed by atoms with Crippen LogP contribution in [0.15, 0.2) is 194 Å². The van der Waals surface area contributed by atoms with Gasteiger partial charge in [0.1, 0.15) is 11.6 Å². The van der Waals surface area contributed by atoms with E-state index in [2.05, 4.69) is 163 Å². The Balaban J connectivity index is 0.00000578. The molecule has 1 N–H and O–H groups in total. The fraction of sp³-hybridized carbons (Fsp3) is 0.115. The monoisotopic (exact) mass is 1040 g/mol. The van der Waals surface area contributed by atoms with Crippen molar-refractivity contribution in [2.75, 3.05) is 0 Å². The van der Waals surface area contributed by atoms with Crippen LogP contribution in [0.2, 0.25) is 0 Å².